The number of hydrogen-bond donors (Lipinski definition) is 2. The highest BCUT2D eigenvalue weighted by Gasteiger charge is 2.36. The highest BCUT2D eigenvalue weighted by Crippen LogP contribution is 2.34. The predicted molar refractivity (Wildman–Crippen MR) is 86.0 cm³/mol. The van der Waals surface area contributed by atoms with E-state index >= 15 is 0 Å². The molecule has 0 heterocycles. The first-order valence-corrected chi connectivity index (χ1v) is 7.89. The van der Waals surface area contributed by atoms with Gasteiger partial charge in [0.25, 0.3) is 5.69 Å². The first-order chi connectivity index (χ1) is 11.4. The normalized spacial score (nSPS) is 20.2. The monoisotopic (exact) mass is 336 g/mol. The number of nitro benzene ring substituents is 1. The lowest BCUT2D eigenvalue weighted by Gasteiger charge is -2.27. The summed E-state index contributed by atoms with van der Waals surface area (Å²) in [5.74, 6) is -2.59. The summed E-state index contributed by atoms with van der Waals surface area (Å²) in [5.41, 5.74) is -0.236. The van der Waals surface area contributed by atoms with Gasteiger partial charge in [0.1, 0.15) is 11.4 Å². The van der Waals surface area contributed by atoms with Crippen LogP contribution in [0.15, 0.2) is 18.2 Å². The number of ether oxygens (including phenoxy) is 1. The van der Waals surface area contributed by atoms with E-state index in [2.05, 4.69) is 5.32 Å². The fourth-order valence-corrected chi connectivity index (χ4v) is 2.99. The molecule has 2 rings (SSSR count). The summed E-state index contributed by atoms with van der Waals surface area (Å²) in [6.07, 6.45) is 2.45. The van der Waals surface area contributed by atoms with E-state index in [4.69, 9.17) is 4.74 Å². The van der Waals surface area contributed by atoms with Crippen LogP contribution in [0.4, 0.5) is 11.4 Å². The highest BCUT2D eigenvalue weighted by molar-refractivity contribution is 5.97. The highest BCUT2D eigenvalue weighted by atomic mass is 16.6. The Morgan fingerprint density at radius 2 is 2.00 bits per heavy atom. The van der Waals surface area contributed by atoms with E-state index < -0.39 is 28.6 Å². The first-order valence-electron chi connectivity index (χ1n) is 7.89. The van der Waals surface area contributed by atoms with Crippen LogP contribution in [0.25, 0.3) is 0 Å². The second kappa shape index (κ2) is 7.76. The van der Waals surface area contributed by atoms with Crippen LogP contribution in [-0.2, 0) is 9.59 Å². The molecule has 1 aliphatic carbocycles. The van der Waals surface area contributed by atoms with E-state index in [1.807, 2.05) is 0 Å². The summed E-state index contributed by atoms with van der Waals surface area (Å²) in [4.78, 5) is 34.4. The third-order valence-electron chi connectivity index (χ3n) is 4.15. The van der Waals surface area contributed by atoms with Gasteiger partial charge in [-0.25, -0.2) is 0 Å². The molecule has 1 fully saturated rings. The van der Waals surface area contributed by atoms with Gasteiger partial charge < -0.3 is 15.2 Å². The molecule has 0 radical (unpaired) electrons. The lowest BCUT2D eigenvalue weighted by molar-refractivity contribution is -0.384. The number of carboxylic acids is 1. The van der Waals surface area contributed by atoms with E-state index in [1.165, 1.54) is 18.2 Å². The minimum Gasteiger partial charge on any atom is -0.494 e. The zero-order valence-electron chi connectivity index (χ0n) is 13.4. The molecule has 1 amide bonds. The number of nitrogens with zero attached hydrogens (tertiary/aromatic N) is 1. The van der Waals surface area contributed by atoms with Crippen LogP contribution in [0.1, 0.15) is 32.6 Å². The van der Waals surface area contributed by atoms with Crippen LogP contribution in [0.2, 0.25) is 0 Å². The molecule has 0 aliphatic heterocycles. The lowest BCUT2D eigenvalue weighted by atomic mass is 9.78. The van der Waals surface area contributed by atoms with Crippen molar-refractivity contribution in [1.29, 1.82) is 0 Å². The van der Waals surface area contributed by atoms with Gasteiger partial charge in [-0.05, 0) is 31.9 Å². The zero-order chi connectivity index (χ0) is 17.7. The van der Waals surface area contributed by atoms with E-state index in [0.717, 1.165) is 12.8 Å². The van der Waals surface area contributed by atoms with Crippen molar-refractivity contribution in [2.45, 2.75) is 32.6 Å². The molecule has 8 heteroatoms. The molecular weight excluding hydrogens is 316 g/mol. The van der Waals surface area contributed by atoms with Crippen LogP contribution in [0, 0.1) is 22.0 Å². The molecule has 0 bridgehead atoms. The maximum atomic E-state index is 12.4. The summed E-state index contributed by atoms with van der Waals surface area (Å²) >= 11 is 0. The summed E-state index contributed by atoms with van der Waals surface area (Å²) in [5, 5.41) is 23.0. The van der Waals surface area contributed by atoms with Crippen LogP contribution >= 0.6 is 0 Å². The second-order valence-electron chi connectivity index (χ2n) is 5.69. The molecule has 1 saturated carbocycles. The molecule has 8 nitrogen and oxygen atoms in total. The molecule has 130 valence electrons. The molecule has 2 N–H and O–H groups in total. The summed E-state index contributed by atoms with van der Waals surface area (Å²) in [6.45, 7) is 2.13. The molecule has 0 aromatic heterocycles. The van der Waals surface area contributed by atoms with Crippen molar-refractivity contribution < 1.29 is 24.4 Å². The maximum absolute atomic E-state index is 12.4. The number of carbonyl (C=O) groups excluding carboxylic acids is 1. The van der Waals surface area contributed by atoms with Gasteiger partial charge in [-0.1, -0.05) is 12.8 Å². The van der Waals surface area contributed by atoms with Gasteiger partial charge in [-0.3, -0.25) is 19.7 Å². The molecule has 1 aromatic carbocycles. The van der Waals surface area contributed by atoms with Crippen LogP contribution in [-0.4, -0.2) is 28.5 Å². The van der Waals surface area contributed by atoms with E-state index in [1.54, 1.807) is 6.92 Å². The molecule has 0 saturated heterocycles. The molecule has 1 aromatic rings. The van der Waals surface area contributed by atoms with Crippen molar-refractivity contribution >= 4 is 23.3 Å². The SMILES string of the molecule is CCOc1ccc(NC(=O)[C@H]2CCCC[C@@H]2C(=O)O)c([N+](=O)[O-])c1. The molecule has 1 aliphatic rings. The Bertz CT molecular complexity index is 645. The Kier molecular flexibility index (Phi) is 5.73. The Hall–Kier alpha value is -2.64. The van der Waals surface area contributed by atoms with Crippen molar-refractivity contribution in [2.75, 3.05) is 11.9 Å². The van der Waals surface area contributed by atoms with Gasteiger partial charge in [0.15, 0.2) is 0 Å². The van der Waals surface area contributed by atoms with Gasteiger partial charge >= 0.3 is 5.97 Å². The minimum atomic E-state index is -1.00. The van der Waals surface area contributed by atoms with Crippen LogP contribution in [0.5, 0.6) is 5.75 Å². The number of rotatable bonds is 6. The minimum absolute atomic E-state index is 0.0446. The zero-order valence-corrected chi connectivity index (χ0v) is 13.4. The number of benzene rings is 1. The van der Waals surface area contributed by atoms with Crippen molar-refractivity contribution in [2.24, 2.45) is 11.8 Å². The summed E-state index contributed by atoms with van der Waals surface area (Å²) in [7, 11) is 0. The van der Waals surface area contributed by atoms with Crippen molar-refractivity contribution in [1.82, 2.24) is 0 Å². The Balaban J connectivity index is 2.21. The molecule has 0 unspecified atom stereocenters. The molecule has 24 heavy (non-hydrogen) atoms. The Morgan fingerprint density at radius 1 is 1.33 bits per heavy atom. The number of aliphatic carboxylic acids is 1. The van der Waals surface area contributed by atoms with Gasteiger partial charge in [0, 0.05) is 0 Å². The van der Waals surface area contributed by atoms with Crippen LogP contribution < -0.4 is 10.1 Å². The van der Waals surface area contributed by atoms with E-state index in [-0.39, 0.29) is 11.4 Å². The molecule has 2 atom stereocenters. The number of nitrogens with one attached hydrogen (secondary N) is 1. The van der Waals surface area contributed by atoms with Gasteiger partial charge in [0.2, 0.25) is 5.91 Å². The Labute approximate surface area is 139 Å². The standard InChI is InChI=1S/C16H20N2O6/c1-2-24-10-7-8-13(14(9-10)18(22)23)17-15(19)11-5-3-4-6-12(11)16(20)21/h7-9,11-12H,2-6H2,1H3,(H,17,19)(H,20,21)/t11-,12-/m0/s1. The number of amides is 1. The van der Waals surface area contributed by atoms with Crippen molar-refractivity contribution in [3.05, 3.63) is 28.3 Å². The maximum Gasteiger partial charge on any atom is 0.307 e. The quantitative estimate of drug-likeness (QED) is 0.609. The molecular formula is C16H20N2O6. The van der Waals surface area contributed by atoms with Gasteiger partial charge in [-0.15, -0.1) is 0 Å². The summed E-state index contributed by atoms with van der Waals surface area (Å²) < 4.78 is 5.23. The second-order valence-corrected chi connectivity index (χ2v) is 5.69. The number of carboxylic acid groups (broad SMARTS) is 1. The van der Waals surface area contributed by atoms with Gasteiger partial charge in [-0.2, -0.15) is 0 Å². The van der Waals surface area contributed by atoms with Crippen molar-refractivity contribution in [3.8, 4) is 5.75 Å². The smallest absolute Gasteiger partial charge is 0.307 e. The Morgan fingerprint density at radius 3 is 2.58 bits per heavy atom. The third-order valence-corrected chi connectivity index (χ3v) is 4.15. The number of carbonyl (C=O) groups is 2. The number of anilines is 1. The topological polar surface area (TPSA) is 119 Å². The predicted octanol–water partition coefficient (Wildman–Crippen LogP) is 2.82. The van der Waals surface area contributed by atoms with Gasteiger partial charge in [0.05, 0.1) is 29.4 Å². The number of hydrogen-bond acceptors (Lipinski definition) is 5. The van der Waals surface area contributed by atoms with E-state index in [9.17, 15) is 24.8 Å². The average molecular weight is 336 g/mol. The van der Waals surface area contributed by atoms with E-state index in [0.29, 0.717) is 25.2 Å². The van der Waals surface area contributed by atoms with Crippen LogP contribution in [0.3, 0.4) is 0 Å². The number of nitro groups is 1. The van der Waals surface area contributed by atoms with Crippen molar-refractivity contribution in [3.63, 3.8) is 0 Å². The first kappa shape index (κ1) is 17.7. The fraction of sp³-hybridized carbons (Fsp3) is 0.500. The largest absolute Gasteiger partial charge is 0.494 e. The molecule has 0 spiro atoms. The average Bonchev–Trinajstić information content (AvgIpc) is 2.56. The fourth-order valence-electron chi connectivity index (χ4n) is 2.99. The lowest BCUT2D eigenvalue weighted by Crippen LogP contribution is -2.36. The summed E-state index contributed by atoms with van der Waals surface area (Å²) in [6, 6.07) is 4.18. The third kappa shape index (κ3) is 4.01.